The summed E-state index contributed by atoms with van der Waals surface area (Å²) < 4.78 is 39.6. The van der Waals surface area contributed by atoms with Gasteiger partial charge in [0.15, 0.2) is 0 Å². The van der Waals surface area contributed by atoms with E-state index in [1.807, 2.05) is 72.8 Å². The number of nitrogens with zero attached hydrogens (tertiary/aromatic N) is 1. The van der Waals surface area contributed by atoms with Gasteiger partial charge in [-0.1, -0.05) is 105 Å². The van der Waals surface area contributed by atoms with Crippen LogP contribution in [0, 0.1) is 17.8 Å². The lowest BCUT2D eigenvalue weighted by Gasteiger charge is -2.30. The number of nitrogens with one attached hydrogen (secondary N) is 1. The Hall–Kier alpha value is -5.18. The van der Waals surface area contributed by atoms with Gasteiger partial charge >= 0.3 is 6.18 Å². The molecule has 3 N–H and O–H groups in total. The summed E-state index contributed by atoms with van der Waals surface area (Å²) in [6, 6.07) is 26.3. The second-order valence-corrected chi connectivity index (χ2v) is 13.3. The molecule has 1 fully saturated rings. The van der Waals surface area contributed by atoms with Crippen molar-refractivity contribution in [3.63, 3.8) is 0 Å². The van der Waals surface area contributed by atoms with Gasteiger partial charge in [-0.25, -0.2) is 0 Å². The third kappa shape index (κ3) is 7.37. The number of hydrogen-bond donors (Lipinski definition) is 2. The zero-order chi connectivity index (χ0) is 35.4. The van der Waals surface area contributed by atoms with Crippen molar-refractivity contribution in [3.8, 4) is 22.3 Å². The van der Waals surface area contributed by atoms with Gasteiger partial charge in [-0.15, -0.1) is 6.58 Å². The van der Waals surface area contributed by atoms with Crippen LogP contribution in [0.4, 0.5) is 18.9 Å². The van der Waals surface area contributed by atoms with Gasteiger partial charge in [-0.05, 0) is 70.8 Å². The van der Waals surface area contributed by atoms with E-state index in [1.54, 1.807) is 11.0 Å². The highest BCUT2D eigenvalue weighted by molar-refractivity contribution is 6.06. The number of hydrogen-bond acceptors (Lipinski definition) is 3. The summed E-state index contributed by atoms with van der Waals surface area (Å²) in [5, 5.41) is 3.07. The van der Waals surface area contributed by atoms with Crippen LogP contribution in [-0.4, -0.2) is 17.7 Å². The molecular formula is C41H40F3N3O3. The zero-order valence-electron chi connectivity index (χ0n) is 27.7. The first-order chi connectivity index (χ1) is 24.0. The Balaban J connectivity index is 1.36. The summed E-state index contributed by atoms with van der Waals surface area (Å²) in [7, 11) is 0. The topological polar surface area (TPSA) is 92.5 Å². The predicted molar refractivity (Wildman–Crippen MR) is 188 cm³/mol. The van der Waals surface area contributed by atoms with Gasteiger partial charge in [-0.2, -0.15) is 13.2 Å². The minimum absolute atomic E-state index is 0.135. The SMILES string of the molecule is C=CCC(C(N)=O)C(CC1CCCC1)C(=O)NC1C(=O)N(Cc2cccc(-c3ccc(C(F)(F)F)cc3)c2)c2ccccc2-c2ccccc21. The predicted octanol–water partition coefficient (Wildman–Crippen LogP) is 8.62. The van der Waals surface area contributed by atoms with E-state index in [-0.39, 0.29) is 24.8 Å². The van der Waals surface area contributed by atoms with E-state index < -0.39 is 41.4 Å². The maximum atomic E-state index is 14.8. The lowest BCUT2D eigenvalue weighted by molar-refractivity contribution is -0.137. The molecule has 0 bridgehead atoms. The number of nitrogens with two attached hydrogens (primary N) is 1. The minimum atomic E-state index is -4.44. The van der Waals surface area contributed by atoms with Crippen LogP contribution in [0.2, 0.25) is 0 Å². The number of primary amides is 1. The summed E-state index contributed by atoms with van der Waals surface area (Å²) in [6.45, 7) is 3.93. The molecule has 0 saturated heterocycles. The zero-order valence-corrected chi connectivity index (χ0v) is 27.7. The Labute approximate surface area is 290 Å². The molecule has 258 valence electrons. The number of alkyl halides is 3. The molecule has 0 radical (unpaired) electrons. The molecule has 1 heterocycles. The lowest BCUT2D eigenvalue weighted by atomic mass is 9.80. The normalized spacial score (nSPS) is 17.3. The number of anilines is 1. The maximum absolute atomic E-state index is 14.8. The molecule has 50 heavy (non-hydrogen) atoms. The average Bonchev–Trinajstić information content (AvgIpc) is 3.61. The van der Waals surface area contributed by atoms with Crippen LogP contribution in [0.3, 0.4) is 0 Å². The standard InChI is InChI=1S/C41H40F3N3O3/c1-2-10-34(38(45)48)35(24-26-11-3-4-12-26)39(49)46-37-33-17-6-5-15-31(33)32-16-7-8-18-36(32)47(40(37)50)25-27-13-9-14-29(23-27)28-19-21-30(22-20-28)41(42,43)44/h2,5-9,13-23,26,34-35,37H,1,3-4,10-12,24-25H2,(H2,45,48)(H,46,49). The molecule has 0 aromatic heterocycles. The van der Waals surface area contributed by atoms with Crippen LogP contribution in [-0.2, 0) is 27.1 Å². The average molecular weight is 680 g/mol. The van der Waals surface area contributed by atoms with Crippen molar-refractivity contribution in [2.75, 3.05) is 4.90 Å². The van der Waals surface area contributed by atoms with Gasteiger partial charge in [0.05, 0.1) is 29.6 Å². The van der Waals surface area contributed by atoms with Crippen LogP contribution in [0.15, 0.2) is 110 Å². The largest absolute Gasteiger partial charge is 0.416 e. The summed E-state index contributed by atoms with van der Waals surface area (Å²) in [4.78, 5) is 43.4. The quantitative estimate of drug-likeness (QED) is 0.156. The first-order valence-electron chi connectivity index (χ1n) is 17.0. The smallest absolute Gasteiger partial charge is 0.369 e. The summed E-state index contributed by atoms with van der Waals surface area (Å²) in [6.07, 6.45) is 2.01. The minimum Gasteiger partial charge on any atom is -0.369 e. The van der Waals surface area contributed by atoms with Crippen molar-refractivity contribution in [2.45, 2.75) is 57.3 Å². The molecule has 3 atom stereocenters. The van der Waals surface area contributed by atoms with Gasteiger partial charge in [0.1, 0.15) is 6.04 Å². The van der Waals surface area contributed by atoms with Crippen molar-refractivity contribution in [3.05, 3.63) is 126 Å². The number of fused-ring (bicyclic) bond motifs is 3. The van der Waals surface area contributed by atoms with Crippen molar-refractivity contribution in [1.82, 2.24) is 5.32 Å². The third-order valence-corrected chi connectivity index (χ3v) is 10.0. The second kappa shape index (κ2) is 14.7. The molecule has 3 amide bonds. The maximum Gasteiger partial charge on any atom is 0.416 e. The van der Waals surface area contributed by atoms with Crippen molar-refractivity contribution >= 4 is 23.4 Å². The Morgan fingerprint density at radius 1 is 0.880 bits per heavy atom. The molecule has 1 aliphatic carbocycles. The van der Waals surface area contributed by atoms with E-state index in [9.17, 15) is 27.6 Å². The van der Waals surface area contributed by atoms with E-state index in [2.05, 4.69) is 11.9 Å². The fourth-order valence-corrected chi connectivity index (χ4v) is 7.49. The van der Waals surface area contributed by atoms with E-state index in [0.717, 1.165) is 54.5 Å². The number of halogens is 3. The van der Waals surface area contributed by atoms with Gasteiger partial charge in [0.2, 0.25) is 11.8 Å². The highest BCUT2D eigenvalue weighted by atomic mass is 19.4. The fourth-order valence-electron chi connectivity index (χ4n) is 7.49. The Bertz CT molecular complexity index is 1880. The molecule has 4 aromatic rings. The molecule has 3 unspecified atom stereocenters. The van der Waals surface area contributed by atoms with Gasteiger partial charge < -0.3 is 16.0 Å². The number of carbonyl (C=O) groups excluding carboxylic acids is 3. The van der Waals surface area contributed by atoms with Crippen molar-refractivity contribution in [2.24, 2.45) is 23.5 Å². The Kier molecular flexibility index (Phi) is 10.2. The molecule has 4 aromatic carbocycles. The van der Waals surface area contributed by atoms with Crippen LogP contribution in [0.5, 0.6) is 0 Å². The van der Waals surface area contributed by atoms with E-state index in [0.29, 0.717) is 28.8 Å². The van der Waals surface area contributed by atoms with Crippen molar-refractivity contribution in [1.29, 1.82) is 0 Å². The summed E-state index contributed by atoms with van der Waals surface area (Å²) in [5.74, 6) is -2.52. The molecule has 1 aliphatic heterocycles. The molecule has 2 aliphatic rings. The molecule has 6 rings (SSSR count). The highest BCUT2D eigenvalue weighted by Crippen LogP contribution is 2.42. The number of allylic oxidation sites excluding steroid dienone is 1. The fraction of sp³-hybridized carbons (Fsp3) is 0.293. The van der Waals surface area contributed by atoms with Crippen LogP contribution in [0.1, 0.15) is 61.3 Å². The number of rotatable bonds is 11. The van der Waals surface area contributed by atoms with Gasteiger partial charge in [-0.3, -0.25) is 14.4 Å². The van der Waals surface area contributed by atoms with Crippen LogP contribution < -0.4 is 16.0 Å². The second-order valence-electron chi connectivity index (χ2n) is 13.3. The molecular weight excluding hydrogens is 639 g/mol. The van der Waals surface area contributed by atoms with Gasteiger partial charge in [0, 0.05) is 5.56 Å². The summed E-state index contributed by atoms with van der Waals surface area (Å²) in [5.41, 5.74) is 10.1. The van der Waals surface area contributed by atoms with Crippen molar-refractivity contribution < 1.29 is 27.6 Å². The molecule has 0 spiro atoms. The Morgan fingerprint density at radius 3 is 2.24 bits per heavy atom. The van der Waals surface area contributed by atoms with Crippen LogP contribution >= 0.6 is 0 Å². The highest BCUT2D eigenvalue weighted by Gasteiger charge is 2.40. The van der Waals surface area contributed by atoms with Crippen LogP contribution in [0.25, 0.3) is 22.3 Å². The Morgan fingerprint density at radius 2 is 1.56 bits per heavy atom. The lowest BCUT2D eigenvalue weighted by Crippen LogP contribution is -2.47. The first-order valence-corrected chi connectivity index (χ1v) is 17.0. The number of carbonyl (C=O) groups is 3. The molecule has 1 saturated carbocycles. The number of para-hydroxylation sites is 1. The number of amides is 3. The first kappa shape index (κ1) is 34.7. The number of benzene rings is 4. The van der Waals surface area contributed by atoms with E-state index in [1.165, 1.54) is 12.1 Å². The van der Waals surface area contributed by atoms with E-state index in [4.69, 9.17) is 5.73 Å². The van der Waals surface area contributed by atoms with Gasteiger partial charge in [0.25, 0.3) is 5.91 Å². The van der Waals surface area contributed by atoms with E-state index >= 15 is 0 Å². The summed E-state index contributed by atoms with van der Waals surface area (Å²) >= 11 is 0. The molecule has 6 nitrogen and oxygen atoms in total. The third-order valence-electron chi connectivity index (χ3n) is 10.0. The monoisotopic (exact) mass is 679 g/mol. The molecule has 9 heteroatoms.